The van der Waals surface area contributed by atoms with Crippen LogP contribution in [0.4, 0.5) is 5.69 Å². The standard InChI is InChI=1S/C17H20ClNO2/c1-13-16(19)5-4-6-17(13)21-12-3-2-11-20-15-9-7-14(18)8-10-15/h4-10H,2-3,11-12,19H2,1H3. The molecule has 3 nitrogen and oxygen atoms in total. The smallest absolute Gasteiger partial charge is 0.124 e. The van der Waals surface area contributed by atoms with Crippen molar-refractivity contribution in [1.82, 2.24) is 0 Å². The van der Waals surface area contributed by atoms with Crippen LogP contribution in [0.15, 0.2) is 42.5 Å². The van der Waals surface area contributed by atoms with E-state index >= 15 is 0 Å². The van der Waals surface area contributed by atoms with Crippen molar-refractivity contribution in [3.63, 3.8) is 0 Å². The molecule has 0 spiro atoms. The molecule has 0 atom stereocenters. The van der Waals surface area contributed by atoms with Crippen LogP contribution in [0, 0.1) is 6.92 Å². The maximum absolute atomic E-state index is 5.84. The van der Waals surface area contributed by atoms with Gasteiger partial charge in [0, 0.05) is 16.3 Å². The van der Waals surface area contributed by atoms with E-state index in [1.165, 1.54) is 0 Å². The summed E-state index contributed by atoms with van der Waals surface area (Å²) in [6.45, 7) is 3.30. The van der Waals surface area contributed by atoms with Crippen LogP contribution in [0.5, 0.6) is 11.5 Å². The van der Waals surface area contributed by atoms with Crippen LogP contribution in [0.1, 0.15) is 18.4 Å². The predicted molar refractivity (Wildman–Crippen MR) is 87.3 cm³/mol. The van der Waals surface area contributed by atoms with E-state index < -0.39 is 0 Å². The average molecular weight is 306 g/mol. The lowest BCUT2D eigenvalue weighted by atomic mass is 10.2. The van der Waals surface area contributed by atoms with E-state index in [-0.39, 0.29) is 0 Å². The van der Waals surface area contributed by atoms with Gasteiger partial charge in [-0.2, -0.15) is 0 Å². The Balaban J connectivity index is 1.64. The lowest BCUT2D eigenvalue weighted by molar-refractivity contribution is 0.266. The van der Waals surface area contributed by atoms with Crippen LogP contribution in [0.2, 0.25) is 5.02 Å². The SMILES string of the molecule is Cc1c(N)cccc1OCCCCOc1ccc(Cl)cc1. The Bertz CT molecular complexity index is 570. The molecule has 2 rings (SSSR count). The number of rotatable bonds is 7. The zero-order valence-electron chi connectivity index (χ0n) is 12.1. The number of hydrogen-bond acceptors (Lipinski definition) is 3. The molecule has 2 aromatic rings. The first-order valence-electron chi connectivity index (χ1n) is 7.03. The molecule has 0 amide bonds. The molecular weight excluding hydrogens is 286 g/mol. The summed E-state index contributed by atoms with van der Waals surface area (Å²) in [5.74, 6) is 1.70. The summed E-state index contributed by atoms with van der Waals surface area (Å²) in [6.07, 6.45) is 1.87. The second kappa shape index (κ2) is 7.79. The maximum atomic E-state index is 5.84. The minimum atomic E-state index is 0.661. The minimum Gasteiger partial charge on any atom is -0.494 e. The van der Waals surface area contributed by atoms with E-state index in [4.69, 9.17) is 26.8 Å². The third kappa shape index (κ3) is 4.87. The average Bonchev–Trinajstić information content (AvgIpc) is 2.49. The van der Waals surface area contributed by atoms with Gasteiger partial charge < -0.3 is 15.2 Å². The van der Waals surface area contributed by atoms with E-state index in [0.29, 0.717) is 18.2 Å². The van der Waals surface area contributed by atoms with Crippen molar-refractivity contribution < 1.29 is 9.47 Å². The summed E-state index contributed by atoms with van der Waals surface area (Å²) < 4.78 is 11.4. The number of unbranched alkanes of at least 4 members (excludes halogenated alkanes) is 1. The van der Waals surface area contributed by atoms with Crippen molar-refractivity contribution in [3.8, 4) is 11.5 Å². The molecule has 21 heavy (non-hydrogen) atoms. The number of ether oxygens (including phenoxy) is 2. The Labute approximate surface area is 130 Å². The molecule has 0 aliphatic rings. The Morgan fingerprint density at radius 2 is 1.62 bits per heavy atom. The zero-order valence-corrected chi connectivity index (χ0v) is 12.9. The predicted octanol–water partition coefficient (Wildman–Crippen LogP) is 4.47. The van der Waals surface area contributed by atoms with Crippen molar-refractivity contribution >= 4 is 17.3 Å². The van der Waals surface area contributed by atoms with Crippen LogP contribution in [0.3, 0.4) is 0 Å². The van der Waals surface area contributed by atoms with Crippen LogP contribution in [-0.4, -0.2) is 13.2 Å². The highest BCUT2D eigenvalue weighted by Crippen LogP contribution is 2.23. The fraction of sp³-hybridized carbons (Fsp3) is 0.294. The molecule has 2 aromatic carbocycles. The molecule has 112 valence electrons. The molecule has 0 unspecified atom stereocenters. The van der Waals surface area contributed by atoms with Gasteiger partial charge in [-0.05, 0) is 56.2 Å². The summed E-state index contributed by atoms with van der Waals surface area (Å²) >= 11 is 5.82. The van der Waals surface area contributed by atoms with Crippen molar-refractivity contribution in [2.24, 2.45) is 0 Å². The van der Waals surface area contributed by atoms with Gasteiger partial charge in [0.05, 0.1) is 13.2 Å². The van der Waals surface area contributed by atoms with Gasteiger partial charge in [-0.25, -0.2) is 0 Å². The molecular formula is C17H20ClNO2. The first kappa shape index (κ1) is 15.5. The molecule has 0 saturated heterocycles. The van der Waals surface area contributed by atoms with Gasteiger partial charge in [-0.1, -0.05) is 17.7 Å². The summed E-state index contributed by atoms with van der Waals surface area (Å²) in [7, 11) is 0. The normalized spacial score (nSPS) is 10.4. The summed E-state index contributed by atoms with van der Waals surface area (Å²) in [6, 6.07) is 13.1. The van der Waals surface area contributed by atoms with Crippen molar-refractivity contribution in [3.05, 3.63) is 53.1 Å². The zero-order chi connectivity index (χ0) is 15.1. The summed E-state index contributed by atoms with van der Waals surface area (Å²) in [5, 5.41) is 0.716. The molecule has 0 aliphatic heterocycles. The molecule has 2 N–H and O–H groups in total. The number of nitrogen functional groups attached to an aromatic ring is 1. The van der Waals surface area contributed by atoms with Gasteiger partial charge in [0.2, 0.25) is 0 Å². The first-order valence-corrected chi connectivity index (χ1v) is 7.41. The van der Waals surface area contributed by atoms with Crippen LogP contribution >= 0.6 is 11.6 Å². The van der Waals surface area contributed by atoms with E-state index in [1.807, 2.05) is 49.4 Å². The van der Waals surface area contributed by atoms with Gasteiger partial charge in [-0.15, -0.1) is 0 Å². The Hall–Kier alpha value is -1.87. The van der Waals surface area contributed by atoms with Gasteiger partial charge in [0.15, 0.2) is 0 Å². The van der Waals surface area contributed by atoms with Crippen LogP contribution in [0.25, 0.3) is 0 Å². The highest BCUT2D eigenvalue weighted by molar-refractivity contribution is 6.30. The molecule has 0 radical (unpaired) electrons. The highest BCUT2D eigenvalue weighted by atomic mass is 35.5. The van der Waals surface area contributed by atoms with Crippen molar-refractivity contribution in [2.45, 2.75) is 19.8 Å². The van der Waals surface area contributed by atoms with E-state index in [1.54, 1.807) is 0 Å². The Morgan fingerprint density at radius 1 is 0.952 bits per heavy atom. The highest BCUT2D eigenvalue weighted by Gasteiger charge is 2.02. The van der Waals surface area contributed by atoms with E-state index in [2.05, 4.69) is 0 Å². The molecule has 0 fully saturated rings. The van der Waals surface area contributed by atoms with E-state index in [9.17, 15) is 0 Å². The van der Waals surface area contributed by atoms with Gasteiger partial charge in [0.1, 0.15) is 11.5 Å². The van der Waals surface area contributed by atoms with E-state index in [0.717, 1.165) is 35.6 Å². The topological polar surface area (TPSA) is 44.5 Å². The maximum Gasteiger partial charge on any atom is 0.124 e. The molecule has 0 aromatic heterocycles. The lowest BCUT2D eigenvalue weighted by Gasteiger charge is -2.11. The fourth-order valence-corrected chi connectivity index (χ4v) is 2.02. The van der Waals surface area contributed by atoms with Crippen LogP contribution in [-0.2, 0) is 0 Å². The Kier molecular flexibility index (Phi) is 5.76. The van der Waals surface area contributed by atoms with Crippen molar-refractivity contribution in [2.75, 3.05) is 18.9 Å². The second-order valence-corrected chi connectivity index (χ2v) is 5.26. The number of halogens is 1. The second-order valence-electron chi connectivity index (χ2n) is 4.83. The fourth-order valence-electron chi connectivity index (χ4n) is 1.89. The molecule has 4 heteroatoms. The summed E-state index contributed by atoms with van der Waals surface area (Å²) in [4.78, 5) is 0. The third-order valence-corrected chi connectivity index (χ3v) is 3.46. The quantitative estimate of drug-likeness (QED) is 0.606. The van der Waals surface area contributed by atoms with Crippen LogP contribution < -0.4 is 15.2 Å². The Morgan fingerprint density at radius 3 is 2.33 bits per heavy atom. The molecule has 0 saturated carbocycles. The number of hydrogen-bond donors (Lipinski definition) is 1. The molecule has 0 heterocycles. The summed E-state index contributed by atoms with van der Waals surface area (Å²) in [5.41, 5.74) is 7.60. The van der Waals surface area contributed by atoms with Gasteiger partial charge in [0.25, 0.3) is 0 Å². The minimum absolute atomic E-state index is 0.661. The lowest BCUT2D eigenvalue weighted by Crippen LogP contribution is -2.04. The molecule has 0 bridgehead atoms. The van der Waals surface area contributed by atoms with Gasteiger partial charge >= 0.3 is 0 Å². The number of nitrogens with two attached hydrogens (primary N) is 1. The first-order chi connectivity index (χ1) is 10.2. The van der Waals surface area contributed by atoms with Gasteiger partial charge in [-0.3, -0.25) is 0 Å². The number of benzene rings is 2. The monoisotopic (exact) mass is 305 g/mol. The third-order valence-electron chi connectivity index (χ3n) is 3.20. The number of anilines is 1. The van der Waals surface area contributed by atoms with Crippen molar-refractivity contribution in [1.29, 1.82) is 0 Å². The largest absolute Gasteiger partial charge is 0.494 e. The molecule has 0 aliphatic carbocycles.